The Morgan fingerprint density at radius 1 is 1.46 bits per heavy atom. The van der Waals surface area contributed by atoms with Gasteiger partial charge in [-0.05, 0) is 36.9 Å². The molecule has 0 aliphatic heterocycles. The Morgan fingerprint density at radius 2 is 2.23 bits per heavy atom. The molecule has 0 bridgehead atoms. The van der Waals surface area contributed by atoms with E-state index >= 15 is 0 Å². The number of aryl methyl sites for hydroxylation is 1. The van der Waals surface area contributed by atoms with Crippen molar-refractivity contribution in [3.05, 3.63) is 23.8 Å². The van der Waals surface area contributed by atoms with Crippen molar-refractivity contribution in [3.63, 3.8) is 0 Å². The van der Waals surface area contributed by atoms with E-state index in [1.54, 1.807) is 23.9 Å². The molecule has 1 aromatic carbocycles. The van der Waals surface area contributed by atoms with Crippen molar-refractivity contribution in [1.29, 1.82) is 0 Å². The Hall–Kier alpha value is -0.830. The van der Waals surface area contributed by atoms with E-state index in [4.69, 9.17) is 4.74 Å². The molecule has 72 valence electrons. The number of thioether (sulfide) groups is 1. The average molecular weight is 198 g/mol. The molecule has 0 unspecified atom stereocenters. The van der Waals surface area contributed by atoms with Gasteiger partial charge in [-0.3, -0.25) is 0 Å². The van der Waals surface area contributed by atoms with E-state index in [0.29, 0.717) is 12.4 Å². The molecule has 3 heteroatoms. The summed E-state index contributed by atoms with van der Waals surface area (Å²) in [6.45, 7) is 2.57. The molecular formula is C10H14O2S. The Morgan fingerprint density at radius 3 is 2.85 bits per heavy atom. The van der Waals surface area contributed by atoms with E-state index in [0.717, 1.165) is 17.1 Å². The van der Waals surface area contributed by atoms with Gasteiger partial charge in [0, 0.05) is 5.75 Å². The largest absolute Gasteiger partial charge is 0.508 e. The second-order valence-corrected chi connectivity index (χ2v) is 3.78. The van der Waals surface area contributed by atoms with E-state index in [1.165, 1.54) is 0 Å². The fourth-order valence-electron chi connectivity index (χ4n) is 0.961. The molecule has 1 rings (SSSR count). The quantitative estimate of drug-likeness (QED) is 0.753. The number of hydrogen-bond acceptors (Lipinski definition) is 3. The van der Waals surface area contributed by atoms with Crippen LogP contribution in [0.1, 0.15) is 5.56 Å². The first kappa shape index (κ1) is 10.3. The second-order valence-electron chi connectivity index (χ2n) is 2.79. The second kappa shape index (κ2) is 5.02. The van der Waals surface area contributed by atoms with Crippen LogP contribution in [-0.2, 0) is 0 Å². The number of phenolic OH excluding ortho intramolecular Hbond substituents is 1. The van der Waals surface area contributed by atoms with Crippen LogP contribution in [0, 0.1) is 6.92 Å². The molecule has 13 heavy (non-hydrogen) atoms. The minimum atomic E-state index is 0.317. The Kier molecular flexibility index (Phi) is 3.96. The lowest BCUT2D eigenvalue weighted by Crippen LogP contribution is -1.99. The molecule has 0 saturated carbocycles. The smallest absolute Gasteiger partial charge is 0.119 e. The van der Waals surface area contributed by atoms with Crippen LogP contribution in [0.25, 0.3) is 0 Å². The van der Waals surface area contributed by atoms with Crippen molar-refractivity contribution >= 4 is 11.8 Å². The predicted molar refractivity (Wildman–Crippen MR) is 56.7 cm³/mol. The summed E-state index contributed by atoms with van der Waals surface area (Å²) in [5, 5.41) is 9.26. The number of phenols is 1. The lowest BCUT2D eigenvalue weighted by atomic mass is 10.2. The Balaban J connectivity index is 2.53. The molecule has 0 fully saturated rings. The molecule has 0 aliphatic carbocycles. The van der Waals surface area contributed by atoms with E-state index in [9.17, 15) is 5.11 Å². The number of rotatable bonds is 4. The first-order valence-corrected chi connectivity index (χ1v) is 5.55. The highest BCUT2D eigenvalue weighted by Crippen LogP contribution is 2.21. The summed E-state index contributed by atoms with van der Waals surface area (Å²) < 4.78 is 5.45. The maximum absolute atomic E-state index is 9.26. The summed E-state index contributed by atoms with van der Waals surface area (Å²) >= 11 is 1.75. The number of aromatic hydroxyl groups is 1. The lowest BCUT2D eigenvalue weighted by molar-refractivity contribution is 0.343. The minimum absolute atomic E-state index is 0.317. The lowest BCUT2D eigenvalue weighted by Gasteiger charge is -2.06. The van der Waals surface area contributed by atoms with Crippen molar-refractivity contribution < 1.29 is 9.84 Å². The van der Waals surface area contributed by atoms with Crippen LogP contribution >= 0.6 is 11.8 Å². The maximum Gasteiger partial charge on any atom is 0.119 e. The normalized spacial score (nSPS) is 10.0. The van der Waals surface area contributed by atoms with Gasteiger partial charge in [-0.25, -0.2) is 0 Å². The summed E-state index contributed by atoms with van der Waals surface area (Å²) in [6.07, 6.45) is 2.05. The van der Waals surface area contributed by atoms with Crippen molar-refractivity contribution in [2.45, 2.75) is 6.92 Å². The molecule has 0 atom stereocenters. The standard InChI is InChI=1S/C10H14O2S/c1-8-7-9(3-4-10(8)11)12-5-6-13-2/h3-4,7,11H,5-6H2,1-2H3. The van der Waals surface area contributed by atoms with Crippen LogP contribution in [0.2, 0.25) is 0 Å². The van der Waals surface area contributed by atoms with Crippen molar-refractivity contribution in [2.75, 3.05) is 18.6 Å². The predicted octanol–water partition coefficient (Wildman–Crippen LogP) is 2.44. The zero-order chi connectivity index (χ0) is 9.68. The number of benzene rings is 1. The molecular weight excluding hydrogens is 184 g/mol. The van der Waals surface area contributed by atoms with Gasteiger partial charge in [0.1, 0.15) is 11.5 Å². The van der Waals surface area contributed by atoms with Gasteiger partial charge in [0.05, 0.1) is 6.61 Å². The summed E-state index contributed by atoms with van der Waals surface area (Å²) in [7, 11) is 0. The first-order chi connectivity index (χ1) is 6.24. The van der Waals surface area contributed by atoms with Crippen molar-refractivity contribution in [3.8, 4) is 11.5 Å². The van der Waals surface area contributed by atoms with Crippen LogP contribution in [0.15, 0.2) is 18.2 Å². The van der Waals surface area contributed by atoms with Gasteiger partial charge in [0.15, 0.2) is 0 Å². The van der Waals surface area contributed by atoms with Crippen LogP contribution in [0.3, 0.4) is 0 Å². The van der Waals surface area contributed by atoms with Crippen LogP contribution in [0.4, 0.5) is 0 Å². The van der Waals surface area contributed by atoms with Gasteiger partial charge in [-0.1, -0.05) is 0 Å². The minimum Gasteiger partial charge on any atom is -0.508 e. The average Bonchev–Trinajstić information content (AvgIpc) is 2.12. The van der Waals surface area contributed by atoms with Crippen LogP contribution < -0.4 is 4.74 Å². The molecule has 0 saturated heterocycles. The van der Waals surface area contributed by atoms with Crippen molar-refractivity contribution in [1.82, 2.24) is 0 Å². The molecule has 0 amide bonds. The van der Waals surface area contributed by atoms with Gasteiger partial charge in [-0.2, -0.15) is 11.8 Å². The molecule has 0 radical (unpaired) electrons. The van der Waals surface area contributed by atoms with E-state index in [2.05, 4.69) is 0 Å². The summed E-state index contributed by atoms with van der Waals surface area (Å²) in [6, 6.07) is 5.28. The monoisotopic (exact) mass is 198 g/mol. The van der Waals surface area contributed by atoms with Crippen LogP contribution in [-0.4, -0.2) is 23.7 Å². The highest BCUT2D eigenvalue weighted by molar-refractivity contribution is 7.98. The highest BCUT2D eigenvalue weighted by atomic mass is 32.2. The van der Waals surface area contributed by atoms with E-state index in [-0.39, 0.29) is 0 Å². The van der Waals surface area contributed by atoms with Gasteiger partial charge in [0.25, 0.3) is 0 Å². The zero-order valence-electron chi connectivity index (χ0n) is 7.91. The Labute approximate surface area is 82.9 Å². The van der Waals surface area contributed by atoms with Gasteiger partial charge < -0.3 is 9.84 Å². The third-order valence-corrected chi connectivity index (χ3v) is 2.30. The maximum atomic E-state index is 9.26. The highest BCUT2D eigenvalue weighted by Gasteiger charge is 1.98. The summed E-state index contributed by atoms with van der Waals surface area (Å²) in [5.41, 5.74) is 0.849. The molecule has 0 aromatic heterocycles. The zero-order valence-corrected chi connectivity index (χ0v) is 8.73. The van der Waals surface area contributed by atoms with E-state index in [1.807, 2.05) is 19.2 Å². The van der Waals surface area contributed by atoms with E-state index < -0.39 is 0 Å². The number of ether oxygens (including phenoxy) is 1. The molecule has 1 N–H and O–H groups in total. The Bertz CT molecular complexity index is 274. The third-order valence-electron chi connectivity index (χ3n) is 1.72. The summed E-state index contributed by atoms with van der Waals surface area (Å²) in [4.78, 5) is 0. The topological polar surface area (TPSA) is 29.5 Å². The molecule has 2 nitrogen and oxygen atoms in total. The van der Waals surface area contributed by atoms with Gasteiger partial charge >= 0.3 is 0 Å². The van der Waals surface area contributed by atoms with Gasteiger partial charge in [0.2, 0.25) is 0 Å². The fraction of sp³-hybridized carbons (Fsp3) is 0.400. The van der Waals surface area contributed by atoms with Crippen LogP contribution in [0.5, 0.6) is 11.5 Å². The third kappa shape index (κ3) is 3.19. The molecule has 1 aromatic rings. The molecule has 0 spiro atoms. The number of hydrogen-bond donors (Lipinski definition) is 1. The SMILES string of the molecule is CSCCOc1ccc(O)c(C)c1. The first-order valence-electron chi connectivity index (χ1n) is 4.15. The summed E-state index contributed by atoms with van der Waals surface area (Å²) in [5.74, 6) is 2.13. The fourth-order valence-corrected chi connectivity index (χ4v) is 1.21. The van der Waals surface area contributed by atoms with Crippen molar-refractivity contribution in [2.24, 2.45) is 0 Å². The molecule has 0 heterocycles. The molecule has 0 aliphatic rings. The van der Waals surface area contributed by atoms with Gasteiger partial charge in [-0.15, -0.1) is 0 Å².